The van der Waals surface area contributed by atoms with Crippen LogP contribution in [0.1, 0.15) is 11.1 Å². The van der Waals surface area contributed by atoms with Crippen molar-refractivity contribution in [2.24, 2.45) is 0 Å². The standard InChI is InChI=1S/C25H27NO7S/c1-29-20-14-13-18(12-11-17-15-21(30-2)24(32-4)22(16-17)31-3)23(25(20)33-5)26-34(27,28)19-9-7-6-8-10-19/h6-16,26H,1-5H3/b12-11-. The Kier molecular flexibility index (Phi) is 7.91. The second-order valence-electron chi connectivity index (χ2n) is 6.98. The molecule has 0 fully saturated rings. The Hall–Kier alpha value is -3.85. The van der Waals surface area contributed by atoms with Crippen molar-refractivity contribution in [3.05, 3.63) is 65.7 Å². The number of benzene rings is 3. The molecular formula is C25H27NO7S. The van der Waals surface area contributed by atoms with Crippen molar-refractivity contribution in [1.29, 1.82) is 0 Å². The van der Waals surface area contributed by atoms with Crippen molar-refractivity contribution in [2.75, 3.05) is 40.3 Å². The van der Waals surface area contributed by atoms with Gasteiger partial charge in [0, 0.05) is 5.56 Å². The second kappa shape index (κ2) is 10.8. The molecule has 3 aromatic carbocycles. The van der Waals surface area contributed by atoms with E-state index in [2.05, 4.69) is 4.72 Å². The number of methoxy groups -OCH3 is 5. The molecule has 0 aromatic heterocycles. The molecule has 0 radical (unpaired) electrons. The summed E-state index contributed by atoms with van der Waals surface area (Å²) in [5.74, 6) is 2.12. The lowest BCUT2D eigenvalue weighted by Gasteiger charge is -2.17. The molecule has 0 heterocycles. The van der Waals surface area contributed by atoms with Gasteiger partial charge < -0.3 is 23.7 Å². The summed E-state index contributed by atoms with van der Waals surface area (Å²) in [6.45, 7) is 0. The molecule has 34 heavy (non-hydrogen) atoms. The molecule has 0 aliphatic carbocycles. The average Bonchev–Trinajstić information content (AvgIpc) is 2.87. The fourth-order valence-electron chi connectivity index (χ4n) is 3.36. The summed E-state index contributed by atoms with van der Waals surface area (Å²) in [6, 6.07) is 15.1. The Morgan fingerprint density at radius 2 is 1.26 bits per heavy atom. The maximum absolute atomic E-state index is 13.1. The highest BCUT2D eigenvalue weighted by atomic mass is 32.2. The molecular weight excluding hydrogens is 458 g/mol. The summed E-state index contributed by atoms with van der Waals surface area (Å²) in [4.78, 5) is 0.124. The number of ether oxygens (including phenoxy) is 5. The van der Waals surface area contributed by atoms with Crippen LogP contribution in [0.4, 0.5) is 5.69 Å². The highest BCUT2D eigenvalue weighted by Crippen LogP contribution is 2.41. The third-order valence-corrected chi connectivity index (χ3v) is 6.38. The molecule has 0 unspecified atom stereocenters. The van der Waals surface area contributed by atoms with Gasteiger partial charge in [0.1, 0.15) is 5.69 Å². The zero-order chi connectivity index (χ0) is 24.7. The second-order valence-corrected chi connectivity index (χ2v) is 8.66. The quantitative estimate of drug-likeness (QED) is 0.416. The fraction of sp³-hybridized carbons (Fsp3) is 0.200. The molecule has 0 atom stereocenters. The summed E-state index contributed by atoms with van der Waals surface area (Å²) >= 11 is 0. The first-order valence-corrected chi connectivity index (χ1v) is 11.7. The first-order valence-electron chi connectivity index (χ1n) is 10.2. The first-order chi connectivity index (χ1) is 16.4. The molecule has 3 aromatic rings. The van der Waals surface area contributed by atoms with Crippen LogP contribution in [0.3, 0.4) is 0 Å². The Morgan fingerprint density at radius 3 is 1.79 bits per heavy atom. The van der Waals surface area contributed by atoms with Crippen LogP contribution in [0, 0.1) is 0 Å². The molecule has 1 N–H and O–H groups in total. The van der Waals surface area contributed by atoms with Crippen LogP contribution >= 0.6 is 0 Å². The van der Waals surface area contributed by atoms with Gasteiger partial charge in [-0.1, -0.05) is 30.4 Å². The molecule has 180 valence electrons. The molecule has 0 saturated heterocycles. The third-order valence-electron chi connectivity index (χ3n) is 5.01. The normalized spacial score (nSPS) is 11.2. The van der Waals surface area contributed by atoms with E-state index >= 15 is 0 Å². The van der Waals surface area contributed by atoms with E-state index in [1.54, 1.807) is 54.6 Å². The summed E-state index contributed by atoms with van der Waals surface area (Å²) in [6.07, 6.45) is 3.55. The van der Waals surface area contributed by atoms with Crippen LogP contribution in [0.25, 0.3) is 12.2 Å². The summed E-state index contributed by atoms with van der Waals surface area (Å²) in [5.41, 5.74) is 1.56. The number of sulfonamides is 1. The SMILES string of the molecule is COc1cc(/C=C\c2ccc(OC)c(OC)c2NS(=O)(=O)c2ccccc2)cc(OC)c1OC. The van der Waals surface area contributed by atoms with Crippen molar-refractivity contribution in [2.45, 2.75) is 4.90 Å². The molecule has 0 spiro atoms. The summed E-state index contributed by atoms with van der Waals surface area (Å²) in [7, 11) is 3.66. The van der Waals surface area contributed by atoms with E-state index in [4.69, 9.17) is 23.7 Å². The van der Waals surface area contributed by atoms with Crippen LogP contribution in [0.15, 0.2) is 59.5 Å². The third kappa shape index (κ3) is 5.20. The first kappa shape index (κ1) is 24.8. The lowest BCUT2D eigenvalue weighted by molar-refractivity contribution is 0.324. The molecule has 0 amide bonds. The number of anilines is 1. The molecule has 0 aliphatic rings. The summed E-state index contributed by atoms with van der Waals surface area (Å²) in [5, 5.41) is 0. The Morgan fingerprint density at radius 1 is 0.676 bits per heavy atom. The van der Waals surface area contributed by atoms with Gasteiger partial charge in [0.25, 0.3) is 10.0 Å². The maximum atomic E-state index is 13.1. The Balaban J connectivity index is 2.10. The van der Waals surface area contributed by atoms with E-state index in [0.29, 0.717) is 28.6 Å². The van der Waals surface area contributed by atoms with Crippen LogP contribution in [0.2, 0.25) is 0 Å². The number of hydrogen-bond donors (Lipinski definition) is 1. The molecule has 3 rings (SSSR count). The molecule has 0 bridgehead atoms. The van der Waals surface area contributed by atoms with E-state index in [9.17, 15) is 8.42 Å². The minimum atomic E-state index is -3.88. The van der Waals surface area contributed by atoms with E-state index in [0.717, 1.165) is 5.56 Å². The van der Waals surface area contributed by atoms with Gasteiger partial charge in [0.15, 0.2) is 23.0 Å². The van der Waals surface area contributed by atoms with Crippen molar-refractivity contribution >= 4 is 27.9 Å². The van der Waals surface area contributed by atoms with Gasteiger partial charge in [-0.3, -0.25) is 4.72 Å². The Labute approximate surface area is 199 Å². The predicted molar refractivity (Wildman–Crippen MR) is 132 cm³/mol. The van der Waals surface area contributed by atoms with Crippen LogP contribution in [0.5, 0.6) is 28.7 Å². The Bertz CT molecular complexity index is 1250. The smallest absolute Gasteiger partial charge is 0.262 e. The van der Waals surface area contributed by atoms with Gasteiger partial charge in [0.2, 0.25) is 5.75 Å². The lowest BCUT2D eigenvalue weighted by atomic mass is 10.1. The van der Waals surface area contributed by atoms with E-state index in [1.807, 2.05) is 0 Å². The van der Waals surface area contributed by atoms with Crippen molar-refractivity contribution in [1.82, 2.24) is 0 Å². The minimum absolute atomic E-state index is 0.124. The molecule has 0 saturated carbocycles. The number of nitrogens with one attached hydrogen (secondary N) is 1. The van der Waals surface area contributed by atoms with Gasteiger partial charge >= 0.3 is 0 Å². The average molecular weight is 486 g/mol. The highest BCUT2D eigenvalue weighted by Gasteiger charge is 2.21. The zero-order valence-corrected chi connectivity index (χ0v) is 20.4. The van der Waals surface area contributed by atoms with Crippen LogP contribution in [-0.2, 0) is 10.0 Å². The van der Waals surface area contributed by atoms with E-state index in [-0.39, 0.29) is 16.3 Å². The monoisotopic (exact) mass is 485 g/mol. The number of rotatable bonds is 10. The predicted octanol–water partition coefficient (Wildman–Crippen LogP) is 4.70. The van der Waals surface area contributed by atoms with E-state index in [1.165, 1.54) is 47.7 Å². The van der Waals surface area contributed by atoms with Crippen molar-refractivity contribution in [3.63, 3.8) is 0 Å². The van der Waals surface area contributed by atoms with Crippen molar-refractivity contribution in [3.8, 4) is 28.7 Å². The van der Waals surface area contributed by atoms with Crippen LogP contribution in [-0.4, -0.2) is 44.0 Å². The van der Waals surface area contributed by atoms with Crippen LogP contribution < -0.4 is 28.4 Å². The molecule has 9 heteroatoms. The van der Waals surface area contributed by atoms with Gasteiger partial charge in [-0.05, 0) is 42.0 Å². The molecule has 0 aliphatic heterocycles. The van der Waals surface area contributed by atoms with Gasteiger partial charge in [0.05, 0.1) is 40.4 Å². The maximum Gasteiger partial charge on any atom is 0.262 e. The number of hydrogen-bond acceptors (Lipinski definition) is 7. The summed E-state index contributed by atoms with van der Waals surface area (Å²) < 4.78 is 55.8. The van der Waals surface area contributed by atoms with Crippen molar-refractivity contribution < 1.29 is 32.1 Å². The van der Waals surface area contributed by atoms with E-state index < -0.39 is 10.0 Å². The van der Waals surface area contributed by atoms with Gasteiger partial charge in [-0.25, -0.2) is 8.42 Å². The lowest BCUT2D eigenvalue weighted by Crippen LogP contribution is -2.14. The zero-order valence-electron chi connectivity index (χ0n) is 19.6. The molecule has 8 nitrogen and oxygen atoms in total. The minimum Gasteiger partial charge on any atom is -0.493 e. The van der Waals surface area contributed by atoms with Gasteiger partial charge in [-0.2, -0.15) is 0 Å². The highest BCUT2D eigenvalue weighted by molar-refractivity contribution is 7.92. The van der Waals surface area contributed by atoms with Gasteiger partial charge in [-0.15, -0.1) is 0 Å². The topological polar surface area (TPSA) is 92.3 Å². The fourth-order valence-corrected chi connectivity index (χ4v) is 4.48. The largest absolute Gasteiger partial charge is 0.493 e.